The van der Waals surface area contributed by atoms with Gasteiger partial charge >= 0.3 is 0 Å². The molecule has 0 N–H and O–H groups in total. The molecule has 3 rings (SSSR count). The first kappa shape index (κ1) is 12.8. The van der Waals surface area contributed by atoms with Gasteiger partial charge in [-0.3, -0.25) is 4.98 Å². The van der Waals surface area contributed by atoms with Gasteiger partial charge in [-0.15, -0.1) is 0 Å². The van der Waals surface area contributed by atoms with Gasteiger partial charge in [0.1, 0.15) is 5.60 Å². The molecule has 0 saturated heterocycles. The van der Waals surface area contributed by atoms with Gasteiger partial charge in [-0.25, -0.2) is 0 Å². The predicted octanol–water partition coefficient (Wildman–Crippen LogP) is 4.07. The lowest BCUT2D eigenvalue weighted by atomic mass is 9.77. The summed E-state index contributed by atoms with van der Waals surface area (Å²) in [6, 6.07) is 12.5. The molecule has 0 amide bonds. The van der Waals surface area contributed by atoms with Gasteiger partial charge in [0.25, 0.3) is 0 Å². The second-order valence-corrected chi connectivity index (χ2v) is 5.82. The van der Waals surface area contributed by atoms with E-state index in [0.29, 0.717) is 0 Å². The molecule has 1 atom stereocenters. The topological polar surface area (TPSA) is 22.1 Å². The molecule has 3 heteroatoms. The van der Waals surface area contributed by atoms with E-state index < -0.39 is 5.60 Å². The molecular formula is C16H16BrNO. The Balaban J connectivity index is 2.22. The molecule has 0 spiro atoms. The van der Waals surface area contributed by atoms with Crippen LogP contribution < -0.4 is 0 Å². The van der Waals surface area contributed by atoms with Crippen molar-refractivity contribution in [3.63, 3.8) is 0 Å². The summed E-state index contributed by atoms with van der Waals surface area (Å²) in [7, 11) is 1.78. The van der Waals surface area contributed by atoms with Gasteiger partial charge in [-0.1, -0.05) is 28.1 Å². The fourth-order valence-electron chi connectivity index (χ4n) is 2.99. The van der Waals surface area contributed by atoms with E-state index in [-0.39, 0.29) is 0 Å². The van der Waals surface area contributed by atoms with Crippen LogP contribution in [0.5, 0.6) is 0 Å². The Morgan fingerprint density at radius 2 is 2.16 bits per heavy atom. The first-order chi connectivity index (χ1) is 9.26. The van der Waals surface area contributed by atoms with Crippen molar-refractivity contribution in [1.82, 2.24) is 4.98 Å². The average Bonchev–Trinajstić information content (AvgIpc) is 2.47. The van der Waals surface area contributed by atoms with Crippen LogP contribution in [0.2, 0.25) is 0 Å². The fourth-order valence-corrected chi connectivity index (χ4v) is 3.35. The van der Waals surface area contributed by atoms with Crippen LogP contribution in [-0.4, -0.2) is 12.1 Å². The minimum atomic E-state index is -0.404. The van der Waals surface area contributed by atoms with Crippen LogP contribution in [0.4, 0.5) is 0 Å². The zero-order valence-corrected chi connectivity index (χ0v) is 12.5. The zero-order chi connectivity index (χ0) is 13.3. The highest BCUT2D eigenvalue weighted by Crippen LogP contribution is 2.43. The SMILES string of the molecule is COC1(c2ccccn2)CCCc2ccc(Br)cc21. The fraction of sp³-hybridized carbons (Fsp3) is 0.312. The number of benzene rings is 1. The Kier molecular flexibility index (Phi) is 3.42. The number of hydrogen-bond acceptors (Lipinski definition) is 2. The largest absolute Gasteiger partial charge is 0.367 e. The van der Waals surface area contributed by atoms with Gasteiger partial charge < -0.3 is 4.74 Å². The molecular weight excluding hydrogens is 302 g/mol. The standard InChI is InChI=1S/C16H16BrNO/c1-19-16(15-6-2-3-10-18-15)9-4-5-12-7-8-13(17)11-14(12)16/h2-3,6-8,10-11H,4-5,9H2,1H3. The molecule has 1 unspecified atom stereocenters. The highest BCUT2D eigenvalue weighted by Gasteiger charge is 2.39. The van der Waals surface area contributed by atoms with Gasteiger partial charge in [0.05, 0.1) is 5.69 Å². The van der Waals surface area contributed by atoms with Crippen molar-refractivity contribution >= 4 is 15.9 Å². The Bertz CT molecular complexity index is 585. The zero-order valence-electron chi connectivity index (χ0n) is 10.9. The molecule has 2 aromatic rings. The molecule has 2 nitrogen and oxygen atoms in total. The maximum atomic E-state index is 5.96. The molecule has 0 fully saturated rings. The van der Waals surface area contributed by atoms with Gasteiger partial charge in [-0.2, -0.15) is 0 Å². The summed E-state index contributed by atoms with van der Waals surface area (Å²) in [6.45, 7) is 0. The monoisotopic (exact) mass is 317 g/mol. The quantitative estimate of drug-likeness (QED) is 0.833. The number of nitrogens with zero attached hydrogens (tertiary/aromatic N) is 1. The molecule has 0 radical (unpaired) electrons. The minimum Gasteiger partial charge on any atom is -0.367 e. The van der Waals surface area contributed by atoms with Crippen LogP contribution in [-0.2, 0) is 16.8 Å². The molecule has 98 valence electrons. The van der Waals surface area contributed by atoms with Crippen LogP contribution in [0.15, 0.2) is 47.1 Å². The van der Waals surface area contributed by atoms with Crippen molar-refractivity contribution in [2.45, 2.75) is 24.9 Å². The summed E-state index contributed by atoms with van der Waals surface area (Å²) in [5.41, 5.74) is 3.20. The highest BCUT2D eigenvalue weighted by molar-refractivity contribution is 9.10. The van der Waals surface area contributed by atoms with E-state index in [2.05, 4.69) is 45.2 Å². The Hall–Kier alpha value is -1.19. The molecule has 0 aliphatic heterocycles. The molecule has 1 heterocycles. The van der Waals surface area contributed by atoms with E-state index in [1.165, 1.54) is 11.1 Å². The molecule has 1 aromatic heterocycles. The second-order valence-electron chi connectivity index (χ2n) is 4.90. The van der Waals surface area contributed by atoms with Crippen molar-refractivity contribution < 1.29 is 4.74 Å². The Labute approximate surface area is 122 Å². The first-order valence-corrected chi connectivity index (χ1v) is 7.31. The van der Waals surface area contributed by atoms with E-state index in [4.69, 9.17) is 4.74 Å². The third-order valence-corrected chi connectivity index (χ3v) is 4.40. The molecule has 0 saturated carbocycles. The number of aromatic nitrogens is 1. The molecule has 1 aliphatic rings. The first-order valence-electron chi connectivity index (χ1n) is 6.52. The van der Waals surface area contributed by atoms with Gasteiger partial charge in [-0.05, 0) is 54.7 Å². The number of ether oxygens (including phenoxy) is 1. The second kappa shape index (κ2) is 5.06. The van der Waals surface area contributed by atoms with Gasteiger partial charge in [0.15, 0.2) is 0 Å². The van der Waals surface area contributed by atoms with E-state index in [9.17, 15) is 0 Å². The van der Waals surface area contributed by atoms with E-state index in [0.717, 1.165) is 29.4 Å². The normalized spacial score (nSPS) is 22.0. The minimum absolute atomic E-state index is 0.404. The number of fused-ring (bicyclic) bond motifs is 1. The van der Waals surface area contributed by atoms with Crippen molar-refractivity contribution in [2.24, 2.45) is 0 Å². The molecule has 0 bridgehead atoms. The smallest absolute Gasteiger partial charge is 0.135 e. The van der Waals surface area contributed by atoms with Crippen molar-refractivity contribution in [2.75, 3.05) is 7.11 Å². The van der Waals surface area contributed by atoms with Crippen molar-refractivity contribution in [3.05, 3.63) is 63.9 Å². The predicted molar refractivity (Wildman–Crippen MR) is 79.1 cm³/mol. The lowest BCUT2D eigenvalue weighted by Gasteiger charge is -2.37. The maximum absolute atomic E-state index is 5.96. The van der Waals surface area contributed by atoms with Gasteiger partial charge in [0.2, 0.25) is 0 Å². The van der Waals surface area contributed by atoms with Crippen molar-refractivity contribution in [1.29, 1.82) is 0 Å². The summed E-state index contributed by atoms with van der Waals surface area (Å²) >= 11 is 3.57. The van der Waals surface area contributed by atoms with Crippen LogP contribution in [0.3, 0.4) is 0 Å². The number of pyridine rings is 1. The lowest BCUT2D eigenvalue weighted by molar-refractivity contribution is 0.00368. The average molecular weight is 318 g/mol. The Morgan fingerprint density at radius 3 is 2.89 bits per heavy atom. The third kappa shape index (κ3) is 2.11. The third-order valence-electron chi connectivity index (χ3n) is 3.91. The number of hydrogen-bond donors (Lipinski definition) is 0. The summed E-state index contributed by atoms with van der Waals surface area (Å²) in [5, 5.41) is 0. The molecule has 1 aliphatic carbocycles. The van der Waals surface area contributed by atoms with E-state index >= 15 is 0 Å². The van der Waals surface area contributed by atoms with Crippen LogP contribution in [0.25, 0.3) is 0 Å². The van der Waals surface area contributed by atoms with E-state index in [1.54, 1.807) is 7.11 Å². The molecule has 19 heavy (non-hydrogen) atoms. The van der Waals surface area contributed by atoms with Crippen LogP contribution in [0, 0.1) is 0 Å². The maximum Gasteiger partial charge on any atom is 0.135 e. The van der Waals surface area contributed by atoms with Crippen LogP contribution >= 0.6 is 15.9 Å². The van der Waals surface area contributed by atoms with E-state index in [1.807, 2.05) is 18.3 Å². The summed E-state index contributed by atoms with van der Waals surface area (Å²) in [4.78, 5) is 4.53. The summed E-state index contributed by atoms with van der Waals surface area (Å²) < 4.78 is 7.05. The number of methoxy groups -OCH3 is 1. The number of aryl methyl sites for hydroxylation is 1. The van der Waals surface area contributed by atoms with Gasteiger partial charge in [0, 0.05) is 17.8 Å². The number of rotatable bonds is 2. The lowest BCUT2D eigenvalue weighted by Crippen LogP contribution is -2.35. The summed E-state index contributed by atoms with van der Waals surface area (Å²) in [5.74, 6) is 0. The van der Waals surface area contributed by atoms with Crippen LogP contribution in [0.1, 0.15) is 29.7 Å². The summed E-state index contributed by atoms with van der Waals surface area (Å²) in [6.07, 6.45) is 5.05. The highest BCUT2D eigenvalue weighted by atomic mass is 79.9. The van der Waals surface area contributed by atoms with Crippen molar-refractivity contribution in [3.8, 4) is 0 Å². The molecule has 1 aromatic carbocycles. The number of halogens is 1. The Morgan fingerprint density at radius 1 is 1.26 bits per heavy atom.